The Morgan fingerprint density at radius 3 is 2.81 bits per heavy atom. The molecule has 1 aromatic rings. The van der Waals surface area contributed by atoms with Crippen molar-refractivity contribution in [3.63, 3.8) is 0 Å². The number of hydrogen-bond donors (Lipinski definition) is 2. The Bertz CT molecular complexity index is 355. The first kappa shape index (κ1) is 13.6. The molecule has 0 saturated heterocycles. The molecule has 88 valence electrons. The Kier molecular flexibility index (Phi) is 5.91. The summed E-state index contributed by atoms with van der Waals surface area (Å²) in [7, 11) is 0. The minimum atomic E-state index is 0.235. The van der Waals surface area contributed by atoms with Crippen molar-refractivity contribution in [2.75, 3.05) is 5.75 Å². The van der Waals surface area contributed by atoms with Crippen molar-refractivity contribution in [2.45, 2.75) is 24.3 Å². The average Bonchev–Trinajstić information content (AvgIpc) is 2.25. The second-order valence-electron chi connectivity index (χ2n) is 3.77. The van der Waals surface area contributed by atoms with E-state index in [9.17, 15) is 0 Å². The van der Waals surface area contributed by atoms with E-state index < -0.39 is 0 Å². The van der Waals surface area contributed by atoms with Gasteiger partial charge in [0.25, 0.3) is 0 Å². The molecule has 2 nitrogen and oxygen atoms in total. The van der Waals surface area contributed by atoms with Gasteiger partial charge in [-0.2, -0.15) is 0 Å². The standard InChI is InChI=1S/C12H17ClN2S/c1-9(2)7-10(15-14)8-16-12-6-4-3-5-11(12)13/h3-6,10,15H,1,7-8,14H2,2H3. The van der Waals surface area contributed by atoms with Gasteiger partial charge < -0.3 is 0 Å². The second-order valence-corrected chi connectivity index (χ2v) is 5.24. The molecular formula is C12H17ClN2S. The number of hydrazine groups is 1. The molecule has 1 rings (SSSR count). The van der Waals surface area contributed by atoms with E-state index in [1.54, 1.807) is 11.8 Å². The maximum Gasteiger partial charge on any atom is 0.0541 e. The lowest BCUT2D eigenvalue weighted by Crippen LogP contribution is -2.37. The zero-order valence-electron chi connectivity index (χ0n) is 9.37. The highest BCUT2D eigenvalue weighted by Crippen LogP contribution is 2.27. The van der Waals surface area contributed by atoms with Crippen LogP contribution >= 0.6 is 23.4 Å². The van der Waals surface area contributed by atoms with Crippen LogP contribution in [0.25, 0.3) is 0 Å². The maximum absolute atomic E-state index is 6.07. The molecule has 3 N–H and O–H groups in total. The molecule has 0 aliphatic heterocycles. The van der Waals surface area contributed by atoms with Gasteiger partial charge in [0.15, 0.2) is 0 Å². The SMILES string of the molecule is C=C(C)CC(CSc1ccccc1Cl)NN. The van der Waals surface area contributed by atoms with E-state index in [4.69, 9.17) is 17.4 Å². The first-order valence-corrected chi connectivity index (χ1v) is 6.47. The highest BCUT2D eigenvalue weighted by molar-refractivity contribution is 7.99. The van der Waals surface area contributed by atoms with E-state index in [2.05, 4.69) is 12.0 Å². The van der Waals surface area contributed by atoms with Crippen LogP contribution in [0.5, 0.6) is 0 Å². The lowest BCUT2D eigenvalue weighted by molar-refractivity contribution is 0.574. The molecule has 1 aromatic carbocycles. The van der Waals surface area contributed by atoms with Crippen molar-refractivity contribution >= 4 is 23.4 Å². The van der Waals surface area contributed by atoms with Crippen LogP contribution in [0.4, 0.5) is 0 Å². The van der Waals surface area contributed by atoms with Crippen LogP contribution < -0.4 is 11.3 Å². The number of rotatable bonds is 6. The minimum absolute atomic E-state index is 0.235. The zero-order valence-corrected chi connectivity index (χ0v) is 10.9. The van der Waals surface area contributed by atoms with Crippen LogP contribution in [0.1, 0.15) is 13.3 Å². The summed E-state index contributed by atoms with van der Waals surface area (Å²) < 4.78 is 0. The molecule has 0 aliphatic carbocycles. The van der Waals surface area contributed by atoms with Crippen molar-refractivity contribution in [3.05, 3.63) is 41.4 Å². The molecule has 0 amide bonds. The summed E-state index contributed by atoms with van der Waals surface area (Å²) in [4.78, 5) is 1.09. The third kappa shape index (κ3) is 4.58. The Morgan fingerprint density at radius 2 is 2.25 bits per heavy atom. The van der Waals surface area contributed by atoms with Gasteiger partial charge in [0.2, 0.25) is 0 Å². The van der Waals surface area contributed by atoms with Gasteiger partial charge >= 0.3 is 0 Å². The number of nitrogens with two attached hydrogens (primary N) is 1. The van der Waals surface area contributed by atoms with E-state index in [0.29, 0.717) is 0 Å². The normalized spacial score (nSPS) is 12.4. The van der Waals surface area contributed by atoms with Gasteiger partial charge in [-0.25, -0.2) is 0 Å². The highest BCUT2D eigenvalue weighted by Gasteiger charge is 2.08. The molecule has 0 heterocycles. The zero-order chi connectivity index (χ0) is 12.0. The van der Waals surface area contributed by atoms with Crippen molar-refractivity contribution < 1.29 is 0 Å². The third-order valence-corrected chi connectivity index (χ3v) is 3.78. The summed E-state index contributed by atoms with van der Waals surface area (Å²) in [6.45, 7) is 5.89. The van der Waals surface area contributed by atoms with Crippen LogP contribution in [0, 0.1) is 0 Å². The van der Waals surface area contributed by atoms with Gasteiger partial charge in [0.05, 0.1) is 5.02 Å². The van der Waals surface area contributed by atoms with Crippen molar-refractivity contribution in [1.82, 2.24) is 5.43 Å². The van der Waals surface area contributed by atoms with Gasteiger partial charge in [0, 0.05) is 16.7 Å². The van der Waals surface area contributed by atoms with E-state index in [-0.39, 0.29) is 6.04 Å². The Hall–Kier alpha value is -0.480. The Labute approximate surface area is 106 Å². The number of thioether (sulfide) groups is 1. The first-order chi connectivity index (χ1) is 7.63. The molecule has 0 bridgehead atoms. The molecule has 4 heteroatoms. The quantitative estimate of drug-likeness (QED) is 0.355. The molecule has 0 radical (unpaired) electrons. The number of nitrogens with one attached hydrogen (secondary N) is 1. The van der Waals surface area contributed by atoms with Gasteiger partial charge in [0.1, 0.15) is 0 Å². The van der Waals surface area contributed by atoms with Crippen LogP contribution in [0.2, 0.25) is 5.02 Å². The molecular weight excluding hydrogens is 240 g/mol. The number of halogens is 1. The van der Waals surface area contributed by atoms with Crippen LogP contribution in [0.15, 0.2) is 41.3 Å². The summed E-state index contributed by atoms with van der Waals surface area (Å²) in [5.41, 5.74) is 3.93. The summed E-state index contributed by atoms with van der Waals surface area (Å²) >= 11 is 7.77. The fourth-order valence-electron chi connectivity index (χ4n) is 1.34. The molecule has 0 aromatic heterocycles. The average molecular weight is 257 g/mol. The minimum Gasteiger partial charge on any atom is -0.271 e. The summed E-state index contributed by atoms with van der Waals surface area (Å²) in [5, 5.41) is 0.790. The second kappa shape index (κ2) is 6.97. The van der Waals surface area contributed by atoms with E-state index in [1.807, 2.05) is 31.2 Å². The fourth-order valence-corrected chi connectivity index (χ4v) is 2.61. The fraction of sp³-hybridized carbons (Fsp3) is 0.333. The molecule has 0 spiro atoms. The Balaban J connectivity index is 2.49. The Morgan fingerprint density at radius 1 is 1.56 bits per heavy atom. The van der Waals surface area contributed by atoms with Crippen LogP contribution in [-0.4, -0.2) is 11.8 Å². The number of hydrogen-bond acceptors (Lipinski definition) is 3. The lowest BCUT2D eigenvalue weighted by atomic mass is 10.1. The molecule has 0 fully saturated rings. The lowest BCUT2D eigenvalue weighted by Gasteiger charge is -2.15. The van der Waals surface area contributed by atoms with E-state index >= 15 is 0 Å². The molecule has 0 aliphatic rings. The van der Waals surface area contributed by atoms with Crippen LogP contribution in [0.3, 0.4) is 0 Å². The smallest absolute Gasteiger partial charge is 0.0541 e. The van der Waals surface area contributed by atoms with Gasteiger partial charge in [-0.1, -0.05) is 29.3 Å². The highest BCUT2D eigenvalue weighted by atomic mass is 35.5. The molecule has 1 unspecified atom stereocenters. The largest absolute Gasteiger partial charge is 0.271 e. The third-order valence-electron chi connectivity index (χ3n) is 2.11. The predicted molar refractivity (Wildman–Crippen MR) is 72.7 cm³/mol. The first-order valence-electron chi connectivity index (χ1n) is 5.11. The van der Waals surface area contributed by atoms with E-state index in [0.717, 1.165) is 27.7 Å². The van der Waals surface area contributed by atoms with Crippen molar-refractivity contribution in [2.24, 2.45) is 5.84 Å². The molecule has 0 saturated carbocycles. The van der Waals surface area contributed by atoms with E-state index in [1.165, 1.54) is 0 Å². The monoisotopic (exact) mass is 256 g/mol. The summed E-state index contributed by atoms with van der Waals surface area (Å²) in [6, 6.07) is 8.06. The van der Waals surface area contributed by atoms with Gasteiger partial charge in [-0.15, -0.1) is 18.3 Å². The topological polar surface area (TPSA) is 38.0 Å². The maximum atomic E-state index is 6.07. The van der Waals surface area contributed by atoms with Gasteiger partial charge in [-0.3, -0.25) is 11.3 Å². The molecule has 16 heavy (non-hydrogen) atoms. The van der Waals surface area contributed by atoms with Gasteiger partial charge in [-0.05, 0) is 25.5 Å². The van der Waals surface area contributed by atoms with Crippen molar-refractivity contribution in [3.8, 4) is 0 Å². The summed E-state index contributed by atoms with van der Waals surface area (Å²) in [6.07, 6.45) is 0.883. The van der Waals surface area contributed by atoms with Crippen molar-refractivity contribution in [1.29, 1.82) is 0 Å². The number of benzene rings is 1. The van der Waals surface area contributed by atoms with Crippen LogP contribution in [-0.2, 0) is 0 Å². The summed E-state index contributed by atoms with van der Waals surface area (Å²) in [5.74, 6) is 6.37. The predicted octanol–water partition coefficient (Wildman–Crippen LogP) is 3.23. The molecule has 1 atom stereocenters.